The molecule has 0 saturated carbocycles. The zero-order valence-corrected chi connectivity index (χ0v) is 8.05. The summed E-state index contributed by atoms with van der Waals surface area (Å²) in [6.07, 6.45) is 3.62. The predicted octanol–water partition coefficient (Wildman–Crippen LogP) is 3.56. The lowest BCUT2D eigenvalue weighted by Crippen LogP contribution is -1.97. The van der Waals surface area contributed by atoms with E-state index in [9.17, 15) is 8.78 Å². The highest BCUT2D eigenvalue weighted by molar-refractivity contribution is 9.10. The van der Waals surface area contributed by atoms with Gasteiger partial charge in [0.1, 0.15) is 0 Å². The summed E-state index contributed by atoms with van der Waals surface area (Å²) in [5, 5.41) is 0. The summed E-state index contributed by atoms with van der Waals surface area (Å²) in [6.45, 7) is 2.06. The van der Waals surface area contributed by atoms with Crippen molar-refractivity contribution in [2.75, 3.05) is 0 Å². The van der Waals surface area contributed by atoms with Crippen LogP contribution in [0.5, 0.6) is 0 Å². The summed E-state index contributed by atoms with van der Waals surface area (Å²) >= 11 is 2.14. The third kappa shape index (κ3) is 9.90. The highest BCUT2D eigenvalue weighted by Crippen LogP contribution is 2.19. The van der Waals surface area contributed by atoms with E-state index >= 15 is 0 Å². The van der Waals surface area contributed by atoms with E-state index in [0.29, 0.717) is 6.42 Å². The Kier molecular flexibility index (Phi) is 5.49. The standard InChI is InChI=1S/C8H11BrF2/c1-2-3-4-5-6-7-8(9,10)11/h2-5H2,1H3. The second kappa shape index (κ2) is 5.54. The Morgan fingerprint density at radius 3 is 2.45 bits per heavy atom. The average molecular weight is 225 g/mol. The Labute approximate surface area is 74.5 Å². The fourth-order valence-electron chi connectivity index (χ4n) is 0.626. The molecular weight excluding hydrogens is 214 g/mol. The van der Waals surface area contributed by atoms with E-state index in [0.717, 1.165) is 19.3 Å². The molecule has 0 aromatic heterocycles. The smallest absolute Gasteiger partial charge is 0.180 e. The van der Waals surface area contributed by atoms with Crippen molar-refractivity contribution in [2.45, 2.75) is 37.4 Å². The zero-order valence-electron chi connectivity index (χ0n) is 6.46. The van der Waals surface area contributed by atoms with Crippen molar-refractivity contribution < 1.29 is 8.78 Å². The molecule has 0 radical (unpaired) electrons. The van der Waals surface area contributed by atoms with Gasteiger partial charge in [0.2, 0.25) is 0 Å². The van der Waals surface area contributed by atoms with E-state index in [1.54, 1.807) is 0 Å². The van der Waals surface area contributed by atoms with Gasteiger partial charge in [-0.2, -0.15) is 8.78 Å². The van der Waals surface area contributed by atoms with Crippen molar-refractivity contribution in [3.63, 3.8) is 0 Å². The van der Waals surface area contributed by atoms with Gasteiger partial charge >= 0.3 is 4.83 Å². The van der Waals surface area contributed by atoms with Crippen LogP contribution in [0.15, 0.2) is 0 Å². The van der Waals surface area contributed by atoms with Crippen LogP contribution in [0.1, 0.15) is 32.6 Å². The minimum absolute atomic E-state index is 0.565. The van der Waals surface area contributed by atoms with Crippen LogP contribution < -0.4 is 0 Å². The lowest BCUT2D eigenvalue weighted by molar-refractivity contribution is 0.182. The number of unbranched alkanes of at least 4 members (excludes halogenated alkanes) is 3. The fourth-order valence-corrected chi connectivity index (χ4v) is 0.766. The Balaban J connectivity index is 3.41. The van der Waals surface area contributed by atoms with Crippen molar-refractivity contribution >= 4 is 15.9 Å². The lowest BCUT2D eigenvalue weighted by atomic mass is 10.2. The number of hydrogen-bond acceptors (Lipinski definition) is 0. The summed E-state index contributed by atoms with van der Waals surface area (Å²) in [6, 6.07) is 0. The van der Waals surface area contributed by atoms with Crippen LogP contribution in [0.25, 0.3) is 0 Å². The molecule has 0 heterocycles. The monoisotopic (exact) mass is 224 g/mol. The molecule has 0 saturated heterocycles. The summed E-state index contributed by atoms with van der Waals surface area (Å²) in [5.74, 6) is 4.23. The van der Waals surface area contributed by atoms with Crippen molar-refractivity contribution in [3.8, 4) is 11.8 Å². The van der Waals surface area contributed by atoms with E-state index in [1.807, 2.05) is 5.92 Å². The zero-order chi connectivity index (χ0) is 8.74. The van der Waals surface area contributed by atoms with Gasteiger partial charge in [-0.1, -0.05) is 25.7 Å². The molecule has 3 heteroatoms. The first kappa shape index (κ1) is 10.9. The van der Waals surface area contributed by atoms with Crippen LogP contribution in [0.4, 0.5) is 8.78 Å². The Morgan fingerprint density at radius 2 is 2.00 bits per heavy atom. The molecule has 0 aliphatic heterocycles. The van der Waals surface area contributed by atoms with E-state index in [4.69, 9.17) is 0 Å². The maximum atomic E-state index is 12.0. The van der Waals surface area contributed by atoms with Gasteiger partial charge < -0.3 is 0 Å². The lowest BCUT2D eigenvalue weighted by Gasteiger charge is -1.94. The highest BCUT2D eigenvalue weighted by atomic mass is 79.9. The Hall–Kier alpha value is -0.100. The molecule has 0 aromatic carbocycles. The summed E-state index contributed by atoms with van der Waals surface area (Å²) in [5.41, 5.74) is 0. The van der Waals surface area contributed by atoms with Crippen molar-refractivity contribution in [1.29, 1.82) is 0 Å². The molecule has 0 N–H and O–H groups in total. The normalized spacial score (nSPS) is 10.5. The maximum absolute atomic E-state index is 12.0. The second-order valence-electron chi connectivity index (χ2n) is 2.26. The molecule has 0 aliphatic carbocycles. The third-order valence-electron chi connectivity index (χ3n) is 1.14. The molecule has 0 fully saturated rings. The molecule has 0 spiro atoms. The molecule has 0 aromatic rings. The average Bonchev–Trinajstić information content (AvgIpc) is 1.85. The van der Waals surface area contributed by atoms with E-state index in [2.05, 4.69) is 28.8 Å². The molecule has 0 unspecified atom stereocenters. The van der Waals surface area contributed by atoms with Crippen LogP contribution in [0.2, 0.25) is 0 Å². The summed E-state index contributed by atoms with van der Waals surface area (Å²) in [7, 11) is 0. The molecule has 0 nitrogen and oxygen atoms in total. The molecule has 0 aliphatic rings. The minimum Gasteiger partial charge on any atom is -0.180 e. The van der Waals surface area contributed by atoms with Crippen LogP contribution in [0.3, 0.4) is 0 Å². The van der Waals surface area contributed by atoms with Gasteiger partial charge in [0.15, 0.2) is 0 Å². The number of hydrogen-bond donors (Lipinski definition) is 0. The molecule has 11 heavy (non-hydrogen) atoms. The first-order chi connectivity index (χ1) is 5.06. The SMILES string of the molecule is CCCCCC#CC(F)(F)Br. The van der Waals surface area contributed by atoms with E-state index < -0.39 is 4.83 Å². The minimum atomic E-state index is -3.00. The van der Waals surface area contributed by atoms with Gasteiger partial charge in [-0.15, -0.1) is 0 Å². The van der Waals surface area contributed by atoms with Crippen LogP contribution >= 0.6 is 15.9 Å². The quantitative estimate of drug-likeness (QED) is 0.391. The van der Waals surface area contributed by atoms with Gasteiger partial charge in [0.25, 0.3) is 0 Å². The highest BCUT2D eigenvalue weighted by Gasteiger charge is 2.18. The Morgan fingerprint density at radius 1 is 1.36 bits per heavy atom. The number of rotatable bonds is 3. The summed E-state index contributed by atoms with van der Waals surface area (Å²) < 4.78 is 23.9. The van der Waals surface area contributed by atoms with Crippen molar-refractivity contribution in [3.05, 3.63) is 0 Å². The van der Waals surface area contributed by atoms with Crippen LogP contribution in [0, 0.1) is 11.8 Å². The van der Waals surface area contributed by atoms with Gasteiger partial charge in [0, 0.05) is 22.4 Å². The first-order valence-corrected chi connectivity index (χ1v) is 4.42. The van der Waals surface area contributed by atoms with Gasteiger partial charge in [-0.05, 0) is 12.3 Å². The number of alkyl halides is 3. The topological polar surface area (TPSA) is 0 Å². The second-order valence-corrected chi connectivity index (χ2v) is 3.25. The van der Waals surface area contributed by atoms with Gasteiger partial charge in [-0.25, -0.2) is 0 Å². The third-order valence-corrected chi connectivity index (χ3v) is 1.33. The predicted molar refractivity (Wildman–Crippen MR) is 45.8 cm³/mol. The molecular formula is C8H11BrF2. The summed E-state index contributed by atoms with van der Waals surface area (Å²) in [4.78, 5) is -3.00. The van der Waals surface area contributed by atoms with Gasteiger partial charge in [-0.3, -0.25) is 0 Å². The van der Waals surface area contributed by atoms with E-state index in [1.165, 1.54) is 0 Å². The maximum Gasteiger partial charge on any atom is 0.363 e. The van der Waals surface area contributed by atoms with Crippen molar-refractivity contribution in [1.82, 2.24) is 0 Å². The van der Waals surface area contributed by atoms with E-state index in [-0.39, 0.29) is 0 Å². The Bertz CT molecular complexity index is 150. The fraction of sp³-hybridized carbons (Fsp3) is 0.750. The molecule has 64 valence electrons. The molecule has 0 atom stereocenters. The molecule has 0 bridgehead atoms. The van der Waals surface area contributed by atoms with Crippen LogP contribution in [-0.4, -0.2) is 4.83 Å². The molecule has 0 amide bonds. The largest absolute Gasteiger partial charge is 0.363 e. The van der Waals surface area contributed by atoms with Gasteiger partial charge in [0.05, 0.1) is 0 Å². The molecule has 0 rings (SSSR count). The van der Waals surface area contributed by atoms with Crippen molar-refractivity contribution in [2.24, 2.45) is 0 Å². The first-order valence-electron chi connectivity index (χ1n) is 3.63. The van der Waals surface area contributed by atoms with Crippen LogP contribution in [-0.2, 0) is 0 Å². The number of halogens is 3.